The molecule has 3 N–H and O–H groups in total. The topological polar surface area (TPSA) is 105 Å². The third-order valence-corrected chi connectivity index (χ3v) is 15.9. The van der Waals surface area contributed by atoms with Crippen LogP contribution in [0.4, 0.5) is 0 Å². The number of phosphoric ester groups is 1. The number of quaternary nitrogens is 1. The number of hydrogen-bond acceptors (Lipinski definition) is 5. The lowest BCUT2D eigenvalue weighted by molar-refractivity contribution is -0.870. The van der Waals surface area contributed by atoms with E-state index in [4.69, 9.17) is 9.05 Å². The van der Waals surface area contributed by atoms with Gasteiger partial charge < -0.3 is 19.8 Å². The summed E-state index contributed by atoms with van der Waals surface area (Å²) in [7, 11) is 1.63. The molecule has 0 aliphatic rings. The van der Waals surface area contributed by atoms with Crippen molar-refractivity contribution in [3.63, 3.8) is 0 Å². The number of carbonyl (C=O) groups excluding carboxylic acids is 1. The zero-order valence-electron chi connectivity index (χ0n) is 50.1. The van der Waals surface area contributed by atoms with Gasteiger partial charge in [-0.2, -0.15) is 0 Å². The summed E-state index contributed by atoms with van der Waals surface area (Å²) >= 11 is 0. The molecule has 0 heterocycles. The van der Waals surface area contributed by atoms with Crippen LogP contribution < -0.4 is 5.32 Å². The molecule has 0 saturated heterocycles. The van der Waals surface area contributed by atoms with E-state index in [0.29, 0.717) is 23.9 Å². The molecule has 0 aromatic heterocycles. The van der Waals surface area contributed by atoms with Gasteiger partial charge >= 0.3 is 7.82 Å². The van der Waals surface area contributed by atoms with E-state index in [2.05, 4.69) is 55.6 Å². The van der Waals surface area contributed by atoms with E-state index in [1.807, 2.05) is 21.1 Å². The van der Waals surface area contributed by atoms with Gasteiger partial charge in [0.1, 0.15) is 13.2 Å². The van der Waals surface area contributed by atoms with E-state index in [1.165, 1.54) is 244 Å². The van der Waals surface area contributed by atoms with Crippen molar-refractivity contribution in [2.75, 3.05) is 40.9 Å². The fourth-order valence-electron chi connectivity index (χ4n) is 9.82. The van der Waals surface area contributed by atoms with Crippen molar-refractivity contribution in [1.29, 1.82) is 0 Å². The van der Waals surface area contributed by atoms with Gasteiger partial charge in [-0.05, 0) is 51.4 Å². The second-order valence-corrected chi connectivity index (χ2v) is 25.0. The first kappa shape index (κ1) is 72.7. The normalized spacial score (nSPS) is 14.0. The number of carbonyl (C=O) groups is 1. The van der Waals surface area contributed by atoms with E-state index in [1.54, 1.807) is 0 Å². The van der Waals surface area contributed by atoms with Crippen LogP contribution >= 0.6 is 7.82 Å². The van der Waals surface area contributed by atoms with Crippen LogP contribution in [0.3, 0.4) is 0 Å². The summed E-state index contributed by atoms with van der Waals surface area (Å²) in [6.45, 7) is 4.92. The summed E-state index contributed by atoms with van der Waals surface area (Å²) in [4.78, 5) is 23.4. The van der Waals surface area contributed by atoms with Crippen LogP contribution in [0.25, 0.3) is 0 Å². The van der Waals surface area contributed by atoms with Gasteiger partial charge in [0.05, 0.1) is 39.9 Å². The Morgan fingerprint density at radius 1 is 0.459 bits per heavy atom. The van der Waals surface area contributed by atoms with Gasteiger partial charge in [0.25, 0.3) is 0 Å². The number of nitrogens with zero attached hydrogens (tertiary/aromatic N) is 1. The molecule has 74 heavy (non-hydrogen) atoms. The number of hydrogen-bond donors (Lipinski definition) is 3. The van der Waals surface area contributed by atoms with E-state index in [-0.39, 0.29) is 19.1 Å². The van der Waals surface area contributed by atoms with E-state index < -0.39 is 20.0 Å². The predicted molar refractivity (Wildman–Crippen MR) is 323 cm³/mol. The van der Waals surface area contributed by atoms with Crippen molar-refractivity contribution >= 4 is 13.7 Å². The number of unbranched alkanes of at least 4 members (excludes halogenated alkanes) is 41. The van der Waals surface area contributed by atoms with Gasteiger partial charge in [0.2, 0.25) is 5.91 Å². The molecular weight excluding hydrogens is 936 g/mol. The number of nitrogens with one attached hydrogen (secondary N) is 1. The molecule has 0 aliphatic carbocycles. The van der Waals surface area contributed by atoms with Crippen LogP contribution in [-0.2, 0) is 18.4 Å². The first-order valence-corrected chi connectivity index (χ1v) is 33.8. The summed E-state index contributed by atoms with van der Waals surface area (Å²) in [5.74, 6) is -0.142. The molecule has 0 aromatic carbocycles. The van der Waals surface area contributed by atoms with Gasteiger partial charge in [0.15, 0.2) is 0 Å². The van der Waals surface area contributed by atoms with Gasteiger partial charge in [-0.15, -0.1) is 0 Å². The quantitative estimate of drug-likeness (QED) is 0.0243. The predicted octanol–water partition coefficient (Wildman–Crippen LogP) is 20.1. The van der Waals surface area contributed by atoms with Crippen LogP contribution in [0.15, 0.2) is 36.5 Å². The number of aliphatic hydroxyl groups is 1. The summed E-state index contributed by atoms with van der Waals surface area (Å²) in [6, 6.07) is -0.763. The summed E-state index contributed by atoms with van der Waals surface area (Å²) < 4.78 is 23.9. The average molecular weight is 1060 g/mol. The number of likely N-dealkylation sites (N-methyl/N-ethyl adjacent to an activating group) is 1. The molecule has 0 spiro atoms. The lowest BCUT2D eigenvalue weighted by Gasteiger charge is -2.26. The molecule has 0 radical (unpaired) electrons. The second kappa shape index (κ2) is 56.4. The van der Waals surface area contributed by atoms with Gasteiger partial charge in [-0.1, -0.05) is 301 Å². The van der Waals surface area contributed by atoms with Crippen molar-refractivity contribution in [3.05, 3.63) is 36.5 Å². The fourth-order valence-corrected chi connectivity index (χ4v) is 10.6. The van der Waals surface area contributed by atoms with Gasteiger partial charge in [-0.25, -0.2) is 4.57 Å². The molecule has 0 aliphatic heterocycles. The Bertz CT molecular complexity index is 1300. The van der Waals surface area contributed by atoms with Gasteiger partial charge in [0, 0.05) is 6.42 Å². The Labute approximate surface area is 461 Å². The zero-order valence-corrected chi connectivity index (χ0v) is 51.0. The summed E-state index contributed by atoms with van der Waals surface area (Å²) in [6.07, 6.45) is 73.6. The molecule has 0 rings (SSSR count). The molecule has 1 amide bonds. The molecular formula is C65H128N2O6P+. The Morgan fingerprint density at radius 2 is 0.770 bits per heavy atom. The monoisotopic (exact) mass is 1060 g/mol. The number of rotatable bonds is 60. The van der Waals surface area contributed by atoms with Crippen molar-refractivity contribution in [1.82, 2.24) is 5.32 Å². The number of allylic oxidation sites excluding steroid dienone is 6. The maximum absolute atomic E-state index is 13.0. The lowest BCUT2D eigenvalue weighted by Crippen LogP contribution is -2.46. The molecule has 3 unspecified atom stereocenters. The van der Waals surface area contributed by atoms with E-state index in [9.17, 15) is 19.4 Å². The molecule has 0 saturated carbocycles. The highest BCUT2D eigenvalue weighted by Gasteiger charge is 2.28. The Hall–Kier alpha value is -1.28. The molecule has 0 bridgehead atoms. The van der Waals surface area contributed by atoms with Crippen LogP contribution in [0.1, 0.15) is 322 Å². The Morgan fingerprint density at radius 3 is 1.12 bits per heavy atom. The number of amides is 1. The first-order chi connectivity index (χ1) is 36.0. The Balaban J connectivity index is 4.09. The van der Waals surface area contributed by atoms with Crippen molar-refractivity contribution in [2.24, 2.45) is 0 Å². The van der Waals surface area contributed by atoms with Crippen LogP contribution in [0.5, 0.6) is 0 Å². The fraction of sp³-hybridized carbons (Fsp3) is 0.892. The van der Waals surface area contributed by atoms with Crippen LogP contribution in [0, 0.1) is 0 Å². The minimum atomic E-state index is -4.33. The highest BCUT2D eigenvalue weighted by atomic mass is 31.2. The minimum absolute atomic E-state index is 0.0750. The van der Waals surface area contributed by atoms with Crippen LogP contribution in [0.2, 0.25) is 0 Å². The van der Waals surface area contributed by atoms with Gasteiger partial charge in [-0.3, -0.25) is 13.8 Å². The number of aliphatic hydroxyl groups excluding tert-OH is 1. The summed E-state index contributed by atoms with van der Waals surface area (Å²) in [5, 5.41) is 14.1. The zero-order chi connectivity index (χ0) is 54.2. The first-order valence-electron chi connectivity index (χ1n) is 32.4. The highest BCUT2D eigenvalue weighted by molar-refractivity contribution is 7.47. The minimum Gasteiger partial charge on any atom is -0.391 e. The highest BCUT2D eigenvalue weighted by Crippen LogP contribution is 2.43. The maximum atomic E-state index is 13.0. The van der Waals surface area contributed by atoms with E-state index >= 15 is 0 Å². The third kappa shape index (κ3) is 58.4. The molecule has 0 fully saturated rings. The molecule has 438 valence electrons. The average Bonchev–Trinajstić information content (AvgIpc) is 3.36. The standard InChI is InChI=1S/C65H127N2O6P/c1-6-8-10-12-14-16-18-20-22-24-26-28-30-32-33-35-37-39-41-43-45-47-49-51-53-55-57-59-65(69)66-63(62-73-74(70,71)72-61-60-67(3,4)5)64(68)58-56-54-52-50-48-46-44-42-40-38-36-34-31-29-27-25-23-21-19-17-15-13-11-9-7-2/h18,20,24,26,30,32,63-64,68H,6-17,19,21-23,25,27-29,31,33-62H2,1-5H3,(H-,66,69,70,71)/p+1/b20-18-,26-24-,32-30-. The largest absolute Gasteiger partial charge is 0.472 e. The Kier molecular flexibility index (Phi) is 55.5. The summed E-state index contributed by atoms with van der Waals surface area (Å²) in [5.41, 5.74) is 0. The van der Waals surface area contributed by atoms with Crippen molar-refractivity contribution in [3.8, 4) is 0 Å². The second-order valence-electron chi connectivity index (χ2n) is 23.5. The molecule has 8 nitrogen and oxygen atoms in total. The smallest absolute Gasteiger partial charge is 0.391 e. The number of phosphoric acid groups is 1. The SMILES string of the molecule is CCCCCCC/C=C\C/C=C\C/C=C\CCCCCCCCCCCCCCC(=O)NC(COP(=O)(O)OCC[N+](C)(C)C)C(O)CCCCCCCCCCCCCCCCCCCCCCCCCCC. The molecule has 3 atom stereocenters. The van der Waals surface area contributed by atoms with Crippen molar-refractivity contribution < 1.29 is 32.9 Å². The lowest BCUT2D eigenvalue weighted by atomic mass is 10.0. The van der Waals surface area contributed by atoms with Crippen LogP contribution in [-0.4, -0.2) is 73.4 Å². The maximum Gasteiger partial charge on any atom is 0.472 e. The van der Waals surface area contributed by atoms with E-state index in [0.717, 1.165) is 51.4 Å². The van der Waals surface area contributed by atoms with Crippen molar-refractivity contribution in [2.45, 2.75) is 334 Å². The third-order valence-electron chi connectivity index (χ3n) is 14.9. The molecule has 9 heteroatoms. The molecule has 0 aromatic rings.